The standard InChI is InChI=1S/C23H34N2O6/c1-23(2,3)31-22(29)25-15-18(26)14-19(25)21(28)24-13-9-5-8-12-20(27)30-16-17-10-6-4-7-11-17/h4,6-7,10-11,18-19,26H,5,8-9,12-16H2,1-3H3,(H,24,28)/t18-,19?/m1/s1. The van der Waals surface area contributed by atoms with E-state index in [1.807, 2.05) is 30.3 Å². The maximum atomic E-state index is 12.5. The van der Waals surface area contributed by atoms with Gasteiger partial charge in [0.25, 0.3) is 0 Å². The second-order valence-electron chi connectivity index (χ2n) is 8.79. The zero-order valence-corrected chi connectivity index (χ0v) is 18.6. The Morgan fingerprint density at radius 3 is 2.52 bits per heavy atom. The van der Waals surface area contributed by atoms with Gasteiger partial charge in [0.1, 0.15) is 18.2 Å². The van der Waals surface area contributed by atoms with Crippen LogP contribution >= 0.6 is 0 Å². The van der Waals surface area contributed by atoms with E-state index in [4.69, 9.17) is 9.47 Å². The largest absolute Gasteiger partial charge is 0.461 e. The van der Waals surface area contributed by atoms with Crippen molar-refractivity contribution in [1.82, 2.24) is 10.2 Å². The van der Waals surface area contributed by atoms with Gasteiger partial charge < -0.3 is 19.9 Å². The Morgan fingerprint density at radius 2 is 1.84 bits per heavy atom. The van der Waals surface area contributed by atoms with Crippen LogP contribution < -0.4 is 5.32 Å². The van der Waals surface area contributed by atoms with E-state index in [2.05, 4.69) is 5.32 Å². The van der Waals surface area contributed by atoms with Crippen molar-refractivity contribution in [2.24, 2.45) is 0 Å². The summed E-state index contributed by atoms with van der Waals surface area (Å²) in [5.74, 6) is -0.537. The Morgan fingerprint density at radius 1 is 1.13 bits per heavy atom. The highest BCUT2D eigenvalue weighted by atomic mass is 16.6. The van der Waals surface area contributed by atoms with Crippen molar-refractivity contribution in [3.8, 4) is 0 Å². The summed E-state index contributed by atoms with van der Waals surface area (Å²) in [5, 5.41) is 12.7. The van der Waals surface area contributed by atoms with Crippen molar-refractivity contribution in [1.29, 1.82) is 0 Å². The highest BCUT2D eigenvalue weighted by Gasteiger charge is 2.40. The van der Waals surface area contributed by atoms with Crippen molar-refractivity contribution in [3.63, 3.8) is 0 Å². The molecule has 1 aliphatic heterocycles. The van der Waals surface area contributed by atoms with E-state index >= 15 is 0 Å². The molecule has 2 amide bonds. The number of rotatable bonds is 9. The van der Waals surface area contributed by atoms with E-state index in [0.29, 0.717) is 25.8 Å². The van der Waals surface area contributed by atoms with Gasteiger partial charge in [-0.05, 0) is 39.2 Å². The molecule has 0 bridgehead atoms. The van der Waals surface area contributed by atoms with E-state index in [1.165, 1.54) is 4.90 Å². The molecule has 1 aliphatic rings. The number of amides is 2. The molecule has 1 unspecified atom stereocenters. The third-order valence-electron chi connectivity index (χ3n) is 4.81. The normalized spacial score (nSPS) is 18.5. The fourth-order valence-corrected chi connectivity index (χ4v) is 3.30. The maximum absolute atomic E-state index is 12.5. The second kappa shape index (κ2) is 11.7. The Balaban J connectivity index is 1.62. The van der Waals surface area contributed by atoms with Gasteiger partial charge in [-0.3, -0.25) is 14.5 Å². The lowest BCUT2D eigenvalue weighted by Gasteiger charge is -2.27. The third-order valence-corrected chi connectivity index (χ3v) is 4.81. The molecule has 1 aromatic carbocycles. The Bertz CT molecular complexity index is 731. The fraction of sp³-hybridized carbons (Fsp3) is 0.609. The summed E-state index contributed by atoms with van der Waals surface area (Å²) in [6.07, 6.45) is 1.34. The number of esters is 1. The Labute approximate surface area is 183 Å². The average molecular weight is 435 g/mol. The number of aliphatic hydroxyl groups excluding tert-OH is 1. The smallest absolute Gasteiger partial charge is 0.411 e. The Hall–Kier alpha value is -2.61. The molecular formula is C23H34N2O6. The van der Waals surface area contributed by atoms with E-state index in [0.717, 1.165) is 12.0 Å². The van der Waals surface area contributed by atoms with Crippen LogP contribution in [0.2, 0.25) is 0 Å². The SMILES string of the molecule is CC(C)(C)OC(=O)N1C[C@H](O)CC1C(=O)NCCCCCC(=O)OCc1ccccc1. The van der Waals surface area contributed by atoms with Gasteiger partial charge in [-0.15, -0.1) is 0 Å². The topological polar surface area (TPSA) is 105 Å². The molecule has 8 heteroatoms. The van der Waals surface area contributed by atoms with Crippen LogP contribution in [0.15, 0.2) is 30.3 Å². The number of nitrogens with one attached hydrogen (secondary N) is 1. The number of aliphatic hydroxyl groups is 1. The molecule has 31 heavy (non-hydrogen) atoms. The van der Waals surface area contributed by atoms with E-state index in [1.54, 1.807) is 20.8 Å². The first-order chi connectivity index (χ1) is 14.7. The average Bonchev–Trinajstić information content (AvgIpc) is 3.10. The minimum atomic E-state index is -0.745. The molecule has 0 aromatic heterocycles. The molecule has 2 N–H and O–H groups in total. The number of benzene rings is 1. The maximum Gasteiger partial charge on any atom is 0.411 e. The predicted molar refractivity (Wildman–Crippen MR) is 115 cm³/mol. The van der Waals surface area contributed by atoms with Crippen molar-refractivity contribution < 1.29 is 29.0 Å². The molecular weight excluding hydrogens is 400 g/mol. The molecule has 1 fully saturated rings. The highest BCUT2D eigenvalue weighted by molar-refractivity contribution is 5.86. The fourth-order valence-electron chi connectivity index (χ4n) is 3.30. The lowest BCUT2D eigenvalue weighted by atomic mass is 10.1. The number of hydrogen-bond acceptors (Lipinski definition) is 6. The van der Waals surface area contributed by atoms with Gasteiger partial charge in [-0.2, -0.15) is 0 Å². The molecule has 172 valence electrons. The second-order valence-corrected chi connectivity index (χ2v) is 8.79. The summed E-state index contributed by atoms with van der Waals surface area (Å²) < 4.78 is 10.6. The van der Waals surface area contributed by atoms with Crippen molar-refractivity contribution >= 4 is 18.0 Å². The molecule has 1 heterocycles. The van der Waals surface area contributed by atoms with Crippen molar-refractivity contribution in [3.05, 3.63) is 35.9 Å². The third kappa shape index (κ3) is 8.96. The van der Waals surface area contributed by atoms with Crippen LogP contribution in [0.1, 0.15) is 58.4 Å². The number of carbonyl (C=O) groups excluding carboxylic acids is 3. The predicted octanol–water partition coefficient (Wildman–Crippen LogP) is 2.78. The van der Waals surface area contributed by atoms with Crippen LogP contribution in [0.25, 0.3) is 0 Å². The summed E-state index contributed by atoms with van der Waals surface area (Å²) in [6, 6.07) is 8.78. The van der Waals surface area contributed by atoms with E-state index in [-0.39, 0.29) is 31.4 Å². The summed E-state index contributed by atoms with van der Waals surface area (Å²) in [5.41, 5.74) is 0.282. The lowest BCUT2D eigenvalue weighted by Crippen LogP contribution is -2.47. The zero-order chi connectivity index (χ0) is 22.9. The minimum absolute atomic E-state index is 0.0814. The van der Waals surface area contributed by atoms with Crippen LogP contribution in [0.5, 0.6) is 0 Å². The molecule has 2 atom stereocenters. The lowest BCUT2D eigenvalue weighted by molar-refractivity contribution is -0.145. The number of β-amino-alcohol motifs (C(OH)–C–C–N with tert-alkyl or cyclic N) is 1. The number of hydrogen-bond donors (Lipinski definition) is 2. The molecule has 1 saturated heterocycles. The molecule has 1 aromatic rings. The van der Waals surface area contributed by atoms with Gasteiger partial charge in [0, 0.05) is 19.4 Å². The summed E-state index contributed by atoms with van der Waals surface area (Å²) in [7, 11) is 0. The quantitative estimate of drug-likeness (QED) is 0.457. The molecule has 8 nitrogen and oxygen atoms in total. The Kier molecular flexibility index (Phi) is 9.30. The molecule has 2 rings (SSSR count). The summed E-state index contributed by atoms with van der Waals surface area (Å²) in [6.45, 7) is 6.06. The van der Waals surface area contributed by atoms with Crippen LogP contribution in [0, 0.1) is 0 Å². The first-order valence-electron chi connectivity index (χ1n) is 10.8. The van der Waals surface area contributed by atoms with Gasteiger partial charge in [0.2, 0.25) is 5.91 Å². The van der Waals surface area contributed by atoms with Crippen LogP contribution in [0.4, 0.5) is 4.79 Å². The zero-order valence-electron chi connectivity index (χ0n) is 18.6. The molecule has 0 radical (unpaired) electrons. The van der Waals surface area contributed by atoms with Crippen LogP contribution in [0.3, 0.4) is 0 Å². The minimum Gasteiger partial charge on any atom is -0.461 e. The highest BCUT2D eigenvalue weighted by Crippen LogP contribution is 2.21. The number of likely N-dealkylation sites (tertiary alicyclic amines) is 1. The summed E-state index contributed by atoms with van der Waals surface area (Å²) >= 11 is 0. The van der Waals surface area contributed by atoms with E-state index < -0.39 is 23.8 Å². The van der Waals surface area contributed by atoms with Gasteiger partial charge in [0.15, 0.2) is 0 Å². The molecule has 0 saturated carbocycles. The summed E-state index contributed by atoms with van der Waals surface area (Å²) in [4.78, 5) is 37.9. The molecule has 0 spiro atoms. The monoisotopic (exact) mass is 434 g/mol. The van der Waals surface area contributed by atoms with Gasteiger partial charge in [0.05, 0.1) is 12.6 Å². The number of carbonyl (C=O) groups is 3. The van der Waals surface area contributed by atoms with Crippen LogP contribution in [-0.4, -0.2) is 58.8 Å². The van der Waals surface area contributed by atoms with E-state index in [9.17, 15) is 19.5 Å². The number of nitrogens with zero attached hydrogens (tertiary/aromatic N) is 1. The van der Waals surface area contributed by atoms with Gasteiger partial charge in [-0.25, -0.2) is 4.79 Å². The first kappa shape index (κ1) is 24.7. The number of ether oxygens (including phenoxy) is 2. The van der Waals surface area contributed by atoms with Crippen molar-refractivity contribution in [2.45, 2.75) is 77.2 Å². The van der Waals surface area contributed by atoms with Gasteiger partial charge in [-0.1, -0.05) is 36.8 Å². The van der Waals surface area contributed by atoms with Crippen LogP contribution in [-0.2, 0) is 25.7 Å². The number of unbranched alkanes of at least 4 members (excludes halogenated alkanes) is 2. The molecule has 0 aliphatic carbocycles. The van der Waals surface area contributed by atoms with Gasteiger partial charge >= 0.3 is 12.1 Å². The van der Waals surface area contributed by atoms with Crippen molar-refractivity contribution in [2.75, 3.05) is 13.1 Å². The first-order valence-corrected chi connectivity index (χ1v) is 10.8.